The number of carbonyl (C=O) groups is 1. The molecule has 96 valence electrons. The smallest absolute Gasteiger partial charge is 0.290 e. The summed E-state index contributed by atoms with van der Waals surface area (Å²) in [5.74, 6) is 0.0378. The van der Waals surface area contributed by atoms with Gasteiger partial charge >= 0.3 is 0 Å². The van der Waals surface area contributed by atoms with E-state index in [0.717, 1.165) is 18.2 Å². The molecule has 4 nitrogen and oxygen atoms in total. The van der Waals surface area contributed by atoms with Crippen molar-refractivity contribution in [3.05, 3.63) is 35.0 Å². The molecule has 1 aromatic carbocycles. The molecule has 0 atom stereocenters. The number of rotatable bonds is 3. The Morgan fingerprint density at radius 1 is 1.47 bits per heavy atom. The lowest BCUT2D eigenvalue weighted by Gasteiger charge is -2.16. The highest BCUT2D eigenvalue weighted by atomic mass is 35.5. The second-order valence-electron chi connectivity index (χ2n) is 4.62. The molecule has 5 heteroatoms. The van der Waals surface area contributed by atoms with E-state index in [9.17, 15) is 4.79 Å². The van der Waals surface area contributed by atoms with Crippen molar-refractivity contribution in [2.75, 3.05) is 6.54 Å². The number of hydrogen-bond donors (Lipinski definition) is 0. The zero-order valence-corrected chi connectivity index (χ0v) is 10.9. The summed E-state index contributed by atoms with van der Waals surface area (Å²) in [6, 6.07) is 9.09. The molecular formula is C14H11ClN2O2. The number of benzene rings is 1. The first-order chi connectivity index (χ1) is 9.19. The van der Waals surface area contributed by atoms with E-state index in [1.807, 2.05) is 6.07 Å². The van der Waals surface area contributed by atoms with Gasteiger partial charge in [0.25, 0.3) is 5.91 Å². The fourth-order valence-electron chi connectivity index (χ4n) is 2.09. The molecule has 0 aliphatic heterocycles. The van der Waals surface area contributed by atoms with Crippen molar-refractivity contribution in [3.8, 4) is 6.07 Å². The molecule has 0 saturated heterocycles. The standard InChI is InChI=1S/C14H11ClN2O2/c15-10-1-4-12-9(7-10)8-13(19-12)14(18)17(6-5-16)11-2-3-11/h1,4,7-8,11H,2-3,6H2. The summed E-state index contributed by atoms with van der Waals surface area (Å²) in [7, 11) is 0. The summed E-state index contributed by atoms with van der Waals surface area (Å²) in [4.78, 5) is 13.9. The average Bonchev–Trinajstić information content (AvgIpc) is 3.14. The summed E-state index contributed by atoms with van der Waals surface area (Å²) in [5.41, 5.74) is 0.625. The quantitative estimate of drug-likeness (QED) is 0.808. The van der Waals surface area contributed by atoms with E-state index in [1.54, 1.807) is 29.2 Å². The normalized spacial score (nSPS) is 14.3. The van der Waals surface area contributed by atoms with Gasteiger partial charge in [-0.05, 0) is 37.1 Å². The van der Waals surface area contributed by atoms with Crippen molar-refractivity contribution in [3.63, 3.8) is 0 Å². The number of nitrogens with zero attached hydrogens (tertiary/aromatic N) is 2. The molecule has 0 N–H and O–H groups in total. The number of furan rings is 1. The third kappa shape index (κ3) is 2.29. The Balaban J connectivity index is 1.94. The summed E-state index contributed by atoms with van der Waals surface area (Å²) < 4.78 is 5.53. The molecule has 1 heterocycles. The van der Waals surface area contributed by atoms with Crippen LogP contribution in [0.2, 0.25) is 5.02 Å². The van der Waals surface area contributed by atoms with E-state index in [-0.39, 0.29) is 24.3 Å². The maximum Gasteiger partial charge on any atom is 0.290 e. The van der Waals surface area contributed by atoms with Gasteiger partial charge in [0.15, 0.2) is 5.76 Å². The highest BCUT2D eigenvalue weighted by molar-refractivity contribution is 6.31. The molecule has 1 aromatic heterocycles. The van der Waals surface area contributed by atoms with Crippen LogP contribution >= 0.6 is 11.6 Å². The van der Waals surface area contributed by atoms with Crippen LogP contribution < -0.4 is 0 Å². The van der Waals surface area contributed by atoms with E-state index < -0.39 is 0 Å². The number of halogens is 1. The van der Waals surface area contributed by atoms with Crippen LogP contribution in [0.25, 0.3) is 11.0 Å². The number of amides is 1. The Morgan fingerprint density at radius 2 is 2.26 bits per heavy atom. The zero-order valence-electron chi connectivity index (χ0n) is 10.1. The van der Waals surface area contributed by atoms with Crippen LogP contribution in [-0.2, 0) is 0 Å². The molecule has 1 aliphatic carbocycles. The minimum Gasteiger partial charge on any atom is -0.451 e. The van der Waals surface area contributed by atoms with Crippen LogP contribution in [0.1, 0.15) is 23.4 Å². The van der Waals surface area contributed by atoms with Crippen LogP contribution in [0.15, 0.2) is 28.7 Å². The van der Waals surface area contributed by atoms with Gasteiger partial charge in [-0.2, -0.15) is 5.26 Å². The van der Waals surface area contributed by atoms with Crippen LogP contribution in [-0.4, -0.2) is 23.4 Å². The minimum absolute atomic E-state index is 0.0985. The van der Waals surface area contributed by atoms with Crippen molar-refractivity contribution < 1.29 is 9.21 Å². The van der Waals surface area contributed by atoms with E-state index >= 15 is 0 Å². The van der Waals surface area contributed by atoms with Crippen molar-refractivity contribution >= 4 is 28.5 Å². The third-order valence-corrected chi connectivity index (χ3v) is 3.41. The molecule has 19 heavy (non-hydrogen) atoms. The van der Waals surface area contributed by atoms with Gasteiger partial charge in [-0.15, -0.1) is 0 Å². The van der Waals surface area contributed by atoms with Gasteiger partial charge < -0.3 is 9.32 Å². The first kappa shape index (κ1) is 12.1. The van der Waals surface area contributed by atoms with Crippen molar-refractivity contribution in [1.29, 1.82) is 5.26 Å². The molecule has 2 aromatic rings. The molecule has 0 spiro atoms. The lowest BCUT2D eigenvalue weighted by atomic mass is 10.2. The van der Waals surface area contributed by atoms with Gasteiger partial charge in [0.05, 0.1) is 6.07 Å². The predicted molar refractivity (Wildman–Crippen MR) is 70.9 cm³/mol. The lowest BCUT2D eigenvalue weighted by molar-refractivity contribution is 0.0735. The number of nitriles is 1. The first-order valence-corrected chi connectivity index (χ1v) is 6.44. The van der Waals surface area contributed by atoms with Gasteiger partial charge in [0, 0.05) is 16.5 Å². The molecule has 3 rings (SSSR count). The number of hydrogen-bond acceptors (Lipinski definition) is 3. The zero-order chi connectivity index (χ0) is 13.4. The van der Waals surface area contributed by atoms with E-state index in [2.05, 4.69) is 0 Å². The summed E-state index contributed by atoms with van der Waals surface area (Å²) in [6.45, 7) is 0.0985. The van der Waals surface area contributed by atoms with Gasteiger partial charge in [-0.25, -0.2) is 0 Å². The van der Waals surface area contributed by atoms with Crippen molar-refractivity contribution in [2.24, 2.45) is 0 Å². The highest BCUT2D eigenvalue weighted by Gasteiger charge is 2.34. The van der Waals surface area contributed by atoms with Crippen LogP contribution in [0.4, 0.5) is 0 Å². The molecule has 0 unspecified atom stereocenters. The Kier molecular flexibility index (Phi) is 2.92. The Hall–Kier alpha value is -1.99. The van der Waals surface area contributed by atoms with E-state index in [1.165, 1.54) is 0 Å². The Labute approximate surface area is 115 Å². The Bertz CT molecular complexity index is 682. The summed E-state index contributed by atoms with van der Waals surface area (Å²) >= 11 is 5.90. The molecule has 0 radical (unpaired) electrons. The Morgan fingerprint density at radius 3 is 2.95 bits per heavy atom. The molecule has 1 saturated carbocycles. The number of carbonyl (C=O) groups excluding carboxylic acids is 1. The van der Waals surface area contributed by atoms with Crippen LogP contribution in [0, 0.1) is 11.3 Å². The van der Waals surface area contributed by atoms with Crippen LogP contribution in [0.5, 0.6) is 0 Å². The summed E-state index contributed by atoms with van der Waals surface area (Å²) in [6.07, 6.45) is 1.92. The molecule has 0 bridgehead atoms. The van der Waals surface area contributed by atoms with Crippen LogP contribution in [0.3, 0.4) is 0 Å². The van der Waals surface area contributed by atoms with E-state index in [4.69, 9.17) is 21.3 Å². The topological polar surface area (TPSA) is 57.2 Å². The summed E-state index contributed by atoms with van der Waals surface area (Å²) in [5, 5.41) is 10.2. The number of fused-ring (bicyclic) bond motifs is 1. The second kappa shape index (κ2) is 4.60. The monoisotopic (exact) mass is 274 g/mol. The van der Waals surface area contributed by atoms with Gasteiger partial charge in [-0.1, -0.05) is 11.6 Å². The van der Waals surface area contributed by atoms with Gasteiger partial charge in [0.2, 0.25) is 0 Å². The maximum absolute atomic E-state index is 12.3. The molecular weight excluding hydrogens is 264 g/mol. The van der Waals surface area contributed by atoms with Crippen molar-refractivity contribution in [2.45, 2.75) is 18.9 Å². The third-order valence-electron chi connectivity index (χ3n) is 3.18. The second-order valence-corrected chi connectivity index (χ2v) is 5.05. The molecule has 1 fully saturated rings. The SMILES string of the molecule is N#CCN(C(=O)c1cc2cc(Cl)ccc2o1)C1CC1. The van der Waals surface area contributed by atoms with Gasteiger partial charge in [-0.3, -0.25) is 4.79 Å². The highest BCUT2D eigenvalue weighted by Crippen LogP contribution is 2.30. The van der Waals surface area contributed by atoms with E-state index in [0.29, 0.717) is 10.6 Å². The largest absolute Gasteiger partial charge is 0.451 e. The van der Waals surface area contributed by atoms with Gasteiger partial charge in [0.1, 0.15) is 12.1 Å². The van der Waals surface area contributed by atoms with Crippen molar-refractivity contribution in [1.82, 2.24) is 4.90 Å². The first-order valence-electron chi connectivity index (χ1n) is 6.06. The molecule has 1 aliphatic rings. The average molecular weight is 275 g/mol. The minimum atomic E-state index is -0.226. The fourth-order valence-corrected chi connectivity index (χ4v) is 2.27. The maximum atomic E-state index is 12.3. The molecule has 1 amide bonds. The fraction of sp³-hybridized carbons (Fsp3) is 0.286. The lowest BCUT2D eigenvalue weighted by Crippen LogP contribution is -2.33. The predicted octanol–water partition coefficient (Wildman–Crippen LogP) is 3.21.